The van der Waals surface area contributed by atoms with E-state index in [1.807, 2.05) is 78.9 Å². The first-order valence-corrected chi connectivity index (χ1v) is 13.5. The van der Waals surface area contributed by atoms with E-state index >= 15 is 0 Å². The van der Waals surface area contributed by atoms with Gasteiger partial charge in [0, 0.05) is 27.9 Å². The lowest BCUT2D eigenvalue weighted by Gasteiger charge is -2.17. The molecule has 2 aromatic heterocycles. The number of fused-ring (bicyclic) bond motifs is 1. The molecule has 6 nitrogen and oxygen atoms in total. The molecule has 5 aromatic rings. The van der Waals surface area contributed by atoms with Crippen LogP contribution in [0.25, 0.3) is 28.1 Å². The molecule has 0 saturated heterocycles. The number of carbonyl (C=O) groups is 1. The Morgan fingerprint density at radius 1 is 1.00 bits per heavy atom. The Labute approximate surface area is 237 Å². The van der Waals surface area contributed by atoms with Gasteiger partial charge in [-0.05, 0) is 57.4 Å². The molecule has 6 rings (SSSR count). The highest BCUT2D eigenvalue weighted by atomic mass is 79.9. The third-order valence-corrected chi connectivity index (χ3v) is 7.24. The number of aromatic amines is 1. The Kier molecular flexibility index (Phi) is 6.77. The zero-order chi connectivity index (χ0) is 26.9. The van der Waals surface area contributed by atoms with Crippen molar-refractivity contribution >= 4 is 56.1 Å². The molecular formula is C31H21BrClN3O3. The van der Waals surface area contributed by atoms with Crippen molar-refractivity contribution in [3.05, 3.63) is 134 Å². The molecular weight excluding hydrogens is 578 g/mol. The third-order valence-electron chi connectivity index (χ3n) is 6.57. The van der Waals surface area contributed by atoms with Crippen LogP contribution in [-0.2, 0) is 0 Å². The average Bonchev–Trinajstić information content (AvgIpc) is 3.58. The summed E-state index contributed by atoms with van der Waals surface area (Å²) in [6, 6.07) is 27.7. The molecule has 3 heterocycles. The van der Waals surface area contributed by atoms with Gasteiger partial charge in [-0.1, -0.05) is 84.4 Å². The molecule has 192 valence electrons. The minimum atomic E-state index is -0.435. The zero-order valence-corrected chi connectivity index (χ0v) is 22.8. The first-order valence-electron chi connectivity index (χ1n) is 12.3. The highest BCUT2D eigenvalue weighted by Gasteiger charge is 2.34. The smallest absolute Gasteiger partial charge is 0.310 e. The molecule has 1 aliphatic heterocycles. The molecule has 39 heavy (non-hydrogen) atoms. The maximum Gasteiger partial charge on any atom is 0.310 e. The van der Waals surface area contributed by atoms with Gasteiger partial charge >= 0.3 is 5.91 Å². The number of benzene rings is 3. The van der Waals surface area contributed by atoms with Gasteiger partial charge in [0.1, 0.15) is 0 Å². The molecule has 0 bridgehead atoms. The maximum atomic E-state index is 13.6. The van der Waals surface area contributed by atoms with Crippen LogP contribution in [0, 0.1) is 0 Å². The van der Waals surface area contributed by atoms with E-state index in [0.717, 1.165) is 22.1 Å². The van der Waals surface area contributed by atoms with Crippen LogP contribution in [0.1, 0.15) is 28.1 Å². The van der Waals surface area contributed by atoms with Crippen molar-refractivity contribution in [2.45, 2.75) is 12.5 Å². The standard InChI is InChI=1S/C31H21BrClN3O3/c32-27-16-15-26(39-27)31(38)36-22(13-11-19-7-3-1-4-8-19)18-25(35-36)29-28(20-9-5-2-6-10-20)23-17-21(33)12-14-24(23)34-30(29)37/h1-17,22H,18H2,(H,34,37). The van der Waals surface area contributed by atoms with Crippen molar-refractivity contribution in [1.82, 2.24) is 9.99 Å². The summed E-state index contributed by atoms with van der Waals surface area (Å²) in [6.07, 6.45) is 4.21. The Balaban J connectivity index is 1.52. The Morgan fingerprint density at radius 3 is 2.46 bits per heavy atom. The number of furan rings is 1. The summed E-state index contributed by atoms with van der Waals surface area (Å²) in [4.78, 5) is 30.1. The van der Waals surface area contributed by atoms with Crippen LogP contribution in [0.2, 0.25) is 5.02 Å². The summed E-state index contributed by atoms with van der Waals surface area (Å²) < 4.78 is 5.99. The first kappa shape index (κ1) is 25.1. The van der Waals surface area contributed by atoms with Crippen LogP contribution in [-0.4, -0.2) is 27.7 Å². The van der Waals surface area contributed by atoms with E-state index in [2.05, 4.69) is 20.9 Å². The fourth-order valence-electron chi connectivity index (χ4n) is 4.80. The van der Waals surface area contributed by atoms with Crippen molar-refractivity contribution in [2.75, 3.05) is 0 Å². The number of aromatic nitrogens is 1. The summed E-state index contributed by atoms with van der Waals surface area (Å²) in [6.45, 7) is 0. The maximum absolute atomic E-state index is 13.6. The van der Waals surface area contributed by atoms with E-state index in [4.69, 9.17) is 21.1 Å². The number of carbonyl (C=O) groups excluding carboxylic acids is 1. The Morgan fingerprint density at radius 2 is 1.74 bits per heavy atom. The van der Waals surface area contributed by atoms with Gasteiger partial charge in [-0.15, -0.1) is 0 Å². The summed E-state index contributed by atoms with van der Waals surface area (Å²) in [5.74, 6) is -0.257. The van der Waals surface area contributed by atoms with E-state index in [0.29, 0.717) is 32.9 Å². The molecule has 1 N–H and O–H groups in total. The quantitative estimate of drug-likeness (QED) is 0.227. The summed E-state index contributed by atoms with van der Waals surface area (Å²) in [5.41, 5.74) is 3.84. The number of nitrogens with zero attached hydrogens (tertiary/aromatic N) is 2. The SMILES string of the molecule is O=C(c1ccc(Br)o1)N1N=C(c2c(-c3ccccc3)c3cc(Cl)ccc3[nH]c2=O)CC1C=Cc1ccccc1. The fourth-order valence-corrected chi connectivity index (χ4v) is 5.28. The molecule has 0 saturated carbocycles. The molecule has 0 aliphatic carbocycles. The van der Waals surface area contributed by atoms with Gasteiger partial charge in [0.15, 0.2) is 10.4 Å². The van der Waals surface area contributed by atoms with Gasteiger partial charge in [0.25, 0.3) is 5.56 Å². The van der Waals surface area contributed by atoms with Crippen LogP contribution in [0.5, 0.6) is 0 Å². The predicted molar refractivity (Wildman–Crippen MR) is 158 cm³/mol. The van der Waals surface area contributed by atoms with Crippen molar-refractivity contribution < 1.29 is 9.21 Å². The van der Waals surface area contributed by atoms with E-state index in [9.17, 15) is 9.59 Å². The molecule has 1 amide bonds. The average molecular weight is 599 g/mol. The number of hydrazone groups is 1. The molecule has 0 spiro atoms. The van der Waals surface area contributed by atoms with E-state index < -0.39 is 11.9 Å². The van der Waals surface area contributed by atoms with Crippen molar-refractivity contribution in [3.63, 3.8) is 0 Å². The highest BCUT2D eigenvalue weighted by Crippen LogP contribution is 2.34. The third kappa shape index (κ3) is 4.99. The topological polar surface area (TPSA) is 78.7 Å². The molecule has 8 heteroatoms. The second kappa shape index (κ2) is 10.5. The number of hydrogen-bond donors (Lipinski definition) is 1. The second-order valence-electron chi connectivity index (χ2n) is 9.10. The first-order chi connectivity index (χ1) is 19.0. The van der Waals surface area contributed by atoms with Crippen molar-refractivity contribution in [3.8, 4) is 11.1 Å². The lowest BCUT2D eigenvalue weighted by Crippen LogP contribution is -2.31. The monoisotopic (exact) mass is 597 g/mol. The number of rotatable bonds is 5. The van der Waals surface area contributed by atoms with Crippen molar-refractivity contribution in [1.29, 1.82) is 0 Å². The minimum Gasteiger partial charge on any atom is -0.444 e. The van der Waals surface area contributed by atoms with Crippen LogP contribution >= 0.6 is 27.5 Å². The largest absolute Gasteiger partial charge is 0.444 e. The van der Waals surface area contributed by atoms with E-state index in [-0.39, 0.29) is 11.3 Å². The number of hydrogen-bond acceptors (Lipinski definition) is 4. The lowest BCUT2D eigenvalue weighted by molar-refractivity contribution is 0.0708. The Hall–Kier alpha value is -4.20. The second-order valence-corrected chi connectivity index (χ2v) is 10.3. The summed E-state index contributed by atoms with van der Waals surface area (Å²) >= 11 is 9.65. The molecule has 0 fully saturated rings. The van der Waals surface area contributed by atoms with Crippen LogP contribution in [0.3, 0.4) is 0 Å². The van der Waals surface area contributed by atoms with Crippen LogP contribution in [0.4, 0.5) is 0 Å². The van der Waals surface area contributed by atoms with Gasteiger partial charge in [-0.3, -0.25) is 9.59 Å². The number of H-pyrrole nitrogens is 1. The summed E-state index contributed by atoms with van der Waals surface area (Å²) in [5, 5.41) is 7.46. The molecule has 0 radical (unpaired) electrons. The van der Waals surface area contributed by atoms with Crippen LogP contribution < -0.4 is 5.56 Å². The lowest BCUT2D eigenvalue weighted by atomic mass is 9.92. The fraction of sp³-hybridized carbons (Fsp3) is 0.0645. The van der Waals surface area contributed by atoms with Gasteiger partial charge in [0.2, 0.25) is 0 Å². The number of nitrogens with one attached hydrogen (secondary N) is 1. The van der Waals surface area contributed by atoms with Crippen molar-refractivity contribution in [2.24, 2.45) is 5.10 Å². The summed E-state index contributed by atoms with van der Waals surface area (Å²) in [7, 11) is 0. The van der Waals surface area contributed by atoms with Gasteiger partial charge in [0.05, 0.1) is 17.3 Å². The number of amides is 1. The molecule has 1 aliphatic rings. The number of halogens is 2. The van der Waals surface area contributed by atoms with Gasteiger partial charge < -0.3 is 9.40 Å². The minimum absolute atomic E-state index is 0.146. The predicted octanol–water partition coefficient (Wildman–Crippen LogP) is 7.54. The molecule has 3 aromatic carbocycles. The van der Waals surface area contributed by atoms with Gasteiger partial charge in [-0.2, -0.15) is 5.10 Å². The van der Waals surface area contributed by atoms with E-state index in [1.54, 1.807) is 24.3 Å². The van der Waals surface area contributed by atoms with Crippen LogP contribution in [0.15, 0.2) is 116 Å². The number of pyridine rings is 1. The van der Waals surface area contributed by atoms with E-state index in [1.165, 1.54) is 5.01 Å². The normalized spacial score (nSPS) is 15.3. The van der Waals surface area contributed by atoms with Gasteiger partial charge in [-0.25, -0.2) is 5.01 Å². The molecule has 1 atom stereocenters. The molecule has 1 unspecified atom stereocenters. The Bertz CT molecular complexity index is 1810. The highest BCUT2D eigenvalue weighted by molar-refractivity contribution is 9.10. The zero-order valence-electron chi connectivity index (χ0n) is 20.5.